The summed E-state index contributed by atoms with van der Waals surface area (Å²) < 4.78 is 13.5. The highest BCUT2D eigenvalue weighted by Crippen LogP contribution is 2.16. The van der Waals surface area contributed by atoms with Gasteiger partial charge in [0.05, 0.1) is 0 Å². The van der Waals surface area contributed by atoms with Crippen molar-refractivity contribution in [3.8, 4) is 0 Å². The molecule has 0 spiro atoms. The van der Waals surface area contributed by atoms with Gasteiger partial charge >= 0.3 is 0 Å². The summed E-state index contributed by atoms with van der Waals surface area (Å²) in [6.45, 7) is 10.3. The van der Waals surface area contributed by atoms with E-state index < -0.39 is 0 Å². The molecule has 1 aromatic rings. The van der Waals surface area contributed by atoms with Gasteiger partial charge in [0.15, 0.2) is 0 Å². The average molecular weight is 251 g/mol. The molecule has 18 heavy (non-hydrogen) atoms. The van der Waals surface area contributed by atoms with Crippen molar-refractivity contribution >= 4 is 0 Å². The van der Waals surface area contributed by atoms with Gasteiger partial charge in [-0.15, -0.1) is 0 Å². The molecule has 1 nitrogen and oxygen atoms in total. The van der Waals surface area contributed by atoms with Crippen LogP contribution >= 0.6 is 0 Å². The van der Waals surface area contributed by atoms with Crippen LogP contribution in [0.5, 0.6) is 0 Å². The molecule has 2 heteroatoms. The van der Waals surface area contributed by atoms with Crippen LogP contribution in [0.1, 0.15) is 43.4 Å². The van der Waals surface area contributed by atoms with Gasteiger partial charge in [0.25, 0.3) is 0 Å². The standard InChI is InChI=1S/C16H26FN/c1-12(2)11-18-8-6-5-7-15-9-13(3)16(17)14(4)10-15/h9-10,12,18H,5-8,11H2,1-4H3. The number of hydrogen-bond acceptors (Lipinski definition) is 1. The SMILES string of the molecule is Cc1cc(CCCCNCC(C)C)cc(C)c1F. The van der Waals surface area contributed by atoms with Crippen LogP contribution in [0.3, 0.4) is 0 Å². The van der Waals surface area contributed by atoms with E-state index in [0.29, 0.717) is 5.92 Å². The third-order valence-corrected chi connectivity index (χ3v) is 3.12. The van der Waals surface area contributed by atoms with Gasteiger partial charge in [0, 0.05) is 0 Å². The van der Waals surface area contributed by atoms with Crippen molar-refractivity contribution in [3.05, 3.63) is 34.6 Å². The van der Waals surface area contributed by atoms with Crippen molar-refractivity contribution < 1.29 is 4.39 Å². The molecule has 0 aliphatic rings. The molecule has 0 radical (unpaired) electrons. The van der Waals surface area contributed by atoms with Crippen molar-refractivity contribution in [2.45, 2.75) is 47.0 Å². The second-order valence-corrected chi connectivity index (χ2v) is 5.60. The Morgan fingerprint density at radius 2 is 1.72 bits per heavy atom. The van der Waals surface area contributed by atoms with Crippen LogP contribution in [0.4, 0.5) is 4.39 Å². The molecular formula is C16H26FN. The van der Waals surface area contributed by atoms with Gasteiger partial charge in [-0.2, -0.15) is 0 Å². The first-order valence-corrected chi connectivity index (χ1v) is 6.97. The van der Waals surface area contributed by atoms with E-state index in [-0.39, 0.29) is 5.82 Å². The van der Waals surface area contributed by atoms with E-state index in [4.69, 9.17) is 0 Å². The van der Waals surface area contributed by atoms with Crippen LogP contribution in [0.2, 0.25) is 0 Å². The first kappa shape index (κ1) is 15.2. The fourth-order valence-electron chi connectivity index (χ4n) is 2.15. The monoisotopic (exact) mass is 251 g/mol. The van der Waals surface area contributed by atoms with Gasteiger partial charge in [-0.3, -0.25) is 0 Å². The van der Waals surface area contributed by atoms with E-state index in [1.165, 1.54) is 12.0 Å². The van der Waals surface area contributed by atoms with Crippen molar-refractivity contribution in [2.24, 2.45) is 5.92 Å². The summed E-state index contributed by atoms with van der Waals surface area (Å²) in [4.78, 5) is 0. The van der Waals surface area contributed by atoms with Gasteiger partial charge in [0.1, 0.15) is 5.82 Å². The zero-order chi connectivity index (χ0) is 13.5. The lowest BCUT2D eigenvalue weighted by molar-refractivity contribution is 0.535. The van der Waals surface area contributed by atoms with Gasteiger partial charge < -0.3 is 5.32 Å². The molecule has 0 atom stereocenters. The lowest BCUT2D eigenvalue weighted by Crippen LogP contribution is -2.20. The number of halogens is 1. The Balaban J connectivity index is 2.27. The molecule has 0 fully saturated rings. The van der Waals surface area contributed by atoms with Gasteiger partial charge in [-0.05, 0) is 68.8 Å². The van der Waals surface area contributed by atoms with Crippen LogP contribution in [0, 0.1) is 25.6 Å². The predicted molar refractivity (Wildman–Crippen MR) is 76.5 cm³/mol. The maximum absolute atomic E-state index is 13.5. The Hall–Kier alpha value is -0.890. The Morgan fingerprint density at radius 3 is 2.28 bits per heavy atom. The summed E-state index contributed by atoms with van der Waals surface area (Å²) >= 11 is 0. The fraction of sp³-hybridized carbons (Fsp3) is 0.625. The maximum Gasteiger partial charge on any atom is 0.129 e. The number of benzene rings is 1. The normalized spacial score (nSPS) is 11.2. The molecule has 0 aromatic heterocycles. The van der Waals surface area contributed by atoms with Gasteiger partial charge in [-0.1, -0.05) is 26.0 Å². The second-order valence-electron chi connectivity index (χ2n) is 5.60. The number of rotatable bonds is 7. The average Bonchev–Trinajstić information content (AvgIpc) is 2.30. The van der Waals surface area contributed by atoms with Crippen molar-refractivity contribution in [1.29, 1.82) is 0 Å². The van der Waals surface area contributed by atoms with Crippen LogP contribution in [-0.2, 0) is 6.42 Å². The largest absolute Gasteiger partial charge is 0.316 e. The smallest absolute Gasteiger partial charge is 0.129 e. The number of aryl methyl sites for hydroxylation is 3. The van der Waals surface area contributed by atoms with Crippen molar-refractivity contribution in [1.82, 2.24) is 5.32 Å². The third kappa shape index (κ3) is 5.18. The summed E-state index contributed by atoms with van der Waals surface area (Å²) in [6, 6.07) is 3.95. The number of unbranched alkanes of at least 4 members (excludes halogenated alkanes) is 1. The molecular weight excluding hydrogens is 225 g/mol. The van der Waals surface area contributed by atoms with Crippen LogP contribution < -0.4 is 5.32 Å². The van der Waals surface area contributed by atoms with E-state index in [1.807, 2.05) is 26.0 Å². The van der Waals surface area contributed by atoms with Crippen LogP contribution in [-0.4, -0.2) is 13.1 Å². The summed E-state index contributed by atoms with van der Waals surface area (Å²) in [5, 5.41) is 3.44. The molecule has 0 bridgehead atoms. The lowest BCUT2D eigenvalue weighted by atomic mass is 10.0. The quantitative estimate of drug-likeness (QED) is 0.722. The highest BCUT2D eigenvalue weighted by Gasteiger charge is 2.04. The number of nitrogens with one attached hydrogen (secondary N) is 1. The molecule has 0 amide bonds. The van der Waals surface area contributed by atoms with E-state index in [1.54, 1.807) is 0 Å². The van der Waals surface area contributed by atoms with Gasteiger partial charge in [-0.25, -0.2) is 4.39 Å². The van der Waals surface area contributed by atoms with Gasteiger partial charge in [0.2, 0.25) is 0 Å². The summed E-state index contributed by atoms with van der Waals surface area (Å²) in [7, 11) is 0. The lowest BCUT2D eigenvalue weighted by Gasteiger charge is -2.08. The van der Waals surface area contributed by atoms with E-state index in [9.17, 15) is 4.39 Å². The Bertz CT molecular complexity index is 348. The highest BCUT2D eigenvalue weighted by molar-refractivity contribution is 5.30. The Labute approximate surface area is 111 Å². The molecule has 1 rings (SSSR count). The van der Waals surface area contributed by atoms with E-state index in [0.717, 1.165) is 37.1 Å². The zero-order valence-corrected chi connectivity index (χ0v) is 12.1. The minimum absolute atomic E-state index is 0.0580. The maximum atomic E-state index is 13.5. The highest BCUT2D eigenvalue weighted by atomic mass is 19.1. The van der Waals surface area contributed by atoms with Crippen LogP contribution in [0.25, 0.3) is 0 Å². The zero-order valence-electron chi connectivity index (χ0n) is 12.1. The molecule has 0 aliphatic carbocycles. The summed E-state index contributed by atoms with van der Waals surface area (Å²) in [6.07, 6.45) is 3.39. The molecule has 0 saturated heterocycles. The fourth-order valence-corrected chi connectivity index (χ4v) is 2.15. The van der Waals surface area contributed by atoms with E-state index >= 15 is 0 Å². The third-order valence-electron chi connectivity index (χ3n) is 3.12. The molecule has 102 valence electrons. The topological polar surface area (TPSA) is 12.0 Å². The van der Waals surface area contributed by atoms with Crippen molar-refractivity contribution in [3.63, 3.8) is 0 Å². The second kappa shape index (κ2) is 7.52. The molecule has 1 aromatic carbocycles. The Morgan fingerprint density at radius 1 is 1.11 bits per heavy atom. The minimum Gasteiger partial charge on any atom is -0.316 e. The first-order chi connectivity index (χ1) is 8.50. The number of hydrogen-bond donors (Lipinski definition) is 1. The molecule has 0 unspecified atom stereocenters. The summed E-state index contributed by atoms with van der Waals surface area (Å²) in [5.74, 6) is 0.657. The van der Waals surface area contributed by atoms with Crippen molar-refractivity contribution in [2.75, 3.05) is 13.1 Å². The minimum atomic E-state index is -0.0580. The summed E-state index contributed by atoms with van der Waals surface area (Å²) in [5.41, 5.74) is 2.79. The van der Waals surface area contributed by atoms with E-state index in [2.05, 4.69) is 19.2 Å². The first-order valence-electron chi connectivity index (χ1n) is 6.97. The molecule has 0 heterocycles. The predicted octanol–water partition coefficient (Wildman–Crippen LogP) is 4.01. The Kier molecular flexibility index (Phi) is 6.34. The molecule has 0 aliphatic heterocycles. The molecule has 1 N–H and O–H groups in total. The molecule has 0 saturated carbocycles. The van der Waals surface area contributed by atoms with Crippen LogP contribution in [0.15, 0.2) is 12.1 Å².